The molecule has 0 aliphatic carbocycles. The van der Waals surface area contributed by atoms with Gasteiger partial charge in [0.15, 0.2) is 0 Å². The van der Waals surface area contributed by atoms with Crippen molar-refractivity contribution in [2.45, 2.75) is 40.3 Å². The van der Waals surface area contributed by atoms with Crippen LogP contribution in [-0.2, 0) is 6.54 Å². The van der Waals surface area contributed by atoms with Crippen molar-refractivity contribution in [3.05, 3.63) is 96.1 Å². The fourth-order valence-electron chi connectivity index (χ4n) is 4.98. The number of anilines is 4. The minimum Gasteiger partial charge on any atom is -0.497 e. The van der Waals surface area contributed by atoms with Crippen molar-refractivity contribution in [1.29, 1.82) is 0 Å². The topological polar surface area (TPSA) is 138 Å². The lowest BCUT2D eigenvalue weighted by atomic mass is 9.85. The molecule has 2 heterocycles. The lowest BCUT2D eigenvalue weighted by Crippen LogP contribution is -2.39. The maximum absolute atomic E-state index is 13.8. The molecule has 41 heavy (non-hydrogen) atoms. The lowest BCUT2D eigenvalue weighted by Gasteiger charge is -2.31. The predicted molar refractivity (Wildman–Crippen MR) is 156 cm³/mol. The van der Waals surface area contributed by atoms with Gasteiger partial charge in [-0.15, -0.1) is 0 Å². The van der Waals surface area contributed by atoms with Crippen molar-refractivity contribution in [2.75, 3.05) is 22.6 Å². The molecular weight excluding hydrogens is 550 g/mol. The number of rotatable bonds is 8. The van der Waals surface area contributed by atoms with Crippen LogP contribution in [0.2, 0.25) is 5.02 Å². The molecule has 11 heteroatoms. The van der Waals surface area contributed by atoms with Gasteiger partial charge >= 0.3 is 5.97 Å². The van der Waals surface area contributed by atoms with E-state index in [0.717, 1.165) is 0 Å². The fourth-order valence-corrected chi connectivity index (χ4v) is 5.20. The molecule has 1 aliphatic rings. The summed E-state index contributed by atoms with van der Waals surface area (Å²) in [5.74, 6) is -0.0400. The second kappa shape index (κ2) is 10.1. The van der Waals surface area contributed by atoms with Crippen molar-refractivity contribution >= 4 is 46.2 Å². The van der Waals surface area contributed by atoms with E-state index >= 15 is 0 Å². The minimum absolute atomic E-state index is 0.00303. The fraction of sp³-hybridized carbons (Fsp3) is 0.267. The Balaban J connectivity index is 1.52. The molecule has 4 aromatic rings. The Kier molecular flexibility index (Phi) is 6.90. The van der Waals surface area contributed by atoms with Gasteiger partial charge in [0.2, 0.25) is 0 Å². The Bertz CT molecular complexity index is 1780. The third-order valence-corrected chi connectivity index (χ3v) is 7.48. The van der Waals surface area contributed by atoms with Crippen LogP contribution < -0.4 is 31.1 Å². The molecule has 3 aromatic carbocycles. The van der Waals surface area contributed by atoms with Gasteiger partial charge in [0.1, 0.15) is 28.6 Å². The van der Waals surface area contributed by atoms with E-state index in [1.807, 2.05) is 39.8 Å². The summed E-state index contributed by atoms with van der Waals surface area (Å²) in [6.45, 7) is 7.75. The van der Waals surface area contributed by atoms with Crippen LogP contribution in [-0.4, -0.2) is 24.1 Å². The SMILES string of the molecule is COc1ccc(C(=O)O)c(N2Cc3c(Cl)ccc(Nc4c(N[C@@H](c5ccc(C)o5)C(C)(C)C)c(=O)c4=O)c3C2=O)c1. The number of halogens is 1. The predicted octanol–water partition coefficient (Wildman–Crippen LogP) is 5.65. The second-order valence-electron chi connectivity index (χ2n) is 11.0. The van der Waals surface area contributed by atoms with Gasteiger partial charge in [-0.3, -0.25) is 14.4 Å². The summed E-state index contributed by atoms with van der Waals surface area (Å²) in [4.78, 5) is 52.4. The van der Waals surface area contributed by atoms with Gasteiger partial charge in [-0.2, -0.15) is 0 Å². The number of aromatic carboxylic acids is 1. The summed E-state index contributed by atoms with van der Waals surface area (Å²) in [7, 11) is 1.44. The summed E-state index contributed by atoms with van der Waals surface area (Å²) in [5.41, 5.74) is -0.796. The van der Waals surface area contributed by atoms with E-state index in [9.17, 15) is 24.3 Å². The molecule has 3 N–H and O–H groups in total. The number of nitrogens with one attached hydrogen (secondary N) is 2. The Morgan fingerprint density at radius 2 is 1.78 bits per heavy atom. The zero-order valence-electron chi connectivity index (χ0n) is 23.0. The molecule has 1 atom stereocenters. The molecule has 0 spiro atoms. The summed E-state index contributed by atoms with van der Waals surface area (Å²) >= 11 is 6.47. The van der Waals surface area contributed by atoms with Crippen LogP contribution in [0.5, 0.6) is 5.75 Å². The number of aryl methyl sites for hydroxylation is 1. The molecule has 212 valence electrons. The van der Waals surface area contributed by atoms with Crippen LogP contribution >= 0.6 is 11.6 Å². The first-order valence-electron chi connectivity index (χ1n) is 12.8. The van der Waals surface area contributed by atoms with E-state index in [1.165, 1.54) is 30.2 Å². The van der Waals surface area contributed by atoms with Gasteiger partial charge in [0, 0.05) is 16.7 Å². The first kappa shape index (κ1) is 28.0. The van der Waals surface area contributed by atoms with Crippen LogP contribution in [0.25, 0.3) is 0 Å². The van der Waals surface area contributed by atoms with Crippen molar-refractivity contribution in [2.24, 2.45) is 5.41 Å². The van der Waals surface area contributed by atoms with Crippen molar-refractivity contribution in [3.8, 4) is 5.75 Å². The van der Waals surface area contributed by atoms with Gasteiger partial charge in [0.25, 0.3) is 16.8 Å². The number of fused-ring (bicyclic) bond motifs is 1. The number of carboxylic acids is 1. The first-order valence-corrected chi connectivity index (χ1v) is 13.2. The number of hydrogen-bond acceptors (Lipinski definition) is 8. The standard InChI is InChI=1S/C30H28ClN3O7/c1-14-6-11-21(41-14)27(30(2,3)4)33-24-23(25(35)26(24)36)32-19-10-9-18(31)17-13-34(28(37)22(17)19)20-12-15(40-5)7-8-16(20)29(38)39/h6-12,27,32-33H,13H2,1-5H3,(H,38,39)/t27-/m0/s1. The highest BCUT2D eigenvalue weighted by molar-refractivity contribution is 6.33. The van der Waals surface area contributed by atoms with Crippen LogP contribution in [0.3, 0.4) is 0 Å². The minimum atomic E-state index is -1.21. The van der Waals surface area contributed by atoms with Crippen LogP contribution in [0.4, 0.5) is 22.7 Å². The highest BCUT2D eigenvalue weighted by Gasteiger charge is 2.37. The smallest absolute Gasteiger partial charge is 0.337 e. The van der Waals surface area contributed by atoms with Gasteiger partial charge in [-0.05, 0) is 48.7 Å². The molecule has 0 radical (unpaired) electrons. The number of methoxy groups -OCH3 is 1. The second-order valence-corrected chi connectivity index (χ2v) is 11.4. The highest BCUT2D eigenvalue weighted by atomic mass is 35.5. The Hall–Kier alpha value is -4.57. The average molecular weight is 578 g/mol. The Morgan fingerprint density at radius 3 is 2.39 bits per heavy atom. The zero-order chi connectivity index (χ0) is 29.8. The average Bonchev–Trinajstić information content (AvgIpc) is 3.51. The molecule has 1 amide bonds. The van der Waals surface area contributed by atoms with Gasteiger partial charge in [0.05, 0.1) is 42.2 Å². The molecule has 0 bridgehead atoms. The zero-order valence-corrected chi connectivity index (χ0v) is 23.8. The van der Waals surface area contributed by atoms with E-state index in [1.54, 1.807) is 12.1 Å². The summed E-state index contributed by atoms with van der Waals surface area (Å²) in [5, 5.41) is 16.2. The number of nitrogens with zero attached hydrogens (tertiary/aromatic N) is 1. The lowest BCUT2D eigenvalue weighted by molar-refractivity contribution is 0.0697. The first-order chi connectivity index (χ1) is 19.3. The normalized spacial score (nSPS) is 13.8. The Morgan fingerprint density at radius 1 is 1.07 bits per heavy atom. The third kappa shape index (κ3) is 4.84. The number of furan rings is 1. The number of carbonyl (C=O) groups is 2. The quantitative estimate of drug-likeness (QED) is 0.227. The number of benzene rings is 2. The molecule has 0 saturated carbocycles. The maximum atomic E-state index is 13.8. The molecule has 0 saturated heterocycles. The third-order valence-electron chi connectivity index (χ3n) is 7.13. The molecule has 1 aromatic heterocycles. The van der Waals surface area contributed by atoms with E-state index in [2.05, 4.69) is 10.6 Å². The number of hydrogen-bond donors (Lipinski definition) is 3. The summed E-state index contributed by atoms with van der Waals surface area (Å²) in [6, 6.07) is 10.7. The van der Waals surface area contributed by atoms with Gasteiger partial charge in [-0.1, -0.05) is 32.4 Å². The molecule has 0 fully saturated rings. The number of carboxylic acid groups (broad SMARTS) is 1. The van der Waals surface area contributed by atoms with Crippen LogP contribution in [0, 0.1) is 12.3 Å². The van der Waals surface area contributed by atoms with E-state index in [4.69, 9.17) is 20.8 Å². The van der Waals surface area contributed by atoms with Crippen molar-refractivity contribution in [1.82, 2.24) is 0 Å². The molecule has 1 aliphatic heterocycles. The van der Waals surface area contributed by atoms with Crippen LogP contribution in [0.1, 0.15) is 64.6 Å². The summed E-state index contributed by atoms with van der Waals surface area (Å²) in [6.07, 6.45) is 0. The van der Waals surface area contributed by atoms with Crippen LogP contribution in [0.15, 0.2) is 56.5 Å². The van der Waals surface area contributed by atoms with E-state index in [-0.39, 0.29) is 40.4 Å². The molecule has 0 unspecified atom stereocenters. The molecule has 10 nitrogen and oxygen atoms in total. The largest absolute Gasteiger partial charge is 0.497 e. The van der Waals surface area contributed by atoms with Crippen molar-refractivity contribution in [3.63, 3.8) is 0 Å². The number of carbonyl (C=O) groups excluding carboxylic acids is 1. The molecular formula is C30H28ClN3O7. The van der Waals surface area contributed by atoms with Gasteiger partial charge < -0.3 is 29.8 Å². The van der Waals surface area contributed by atoms with E-state index in [0.29, 0.717) is 27.9 Å². The highest BCUT2D eigenvalue weighted by Crippen LogP contribution is 2.41. The Labute approximate surface area is 240 Å². The van der Waals surface area contributed by atoms with E-state index < -0.39 is 34.2 Å². The molecule has 5 rings (SSSR count). The number of ether oxygens (including phenoxy) is 1. The monoisotopic (exact) mass is 577 g/mol. The van der Waals surface area contributed by atoms with Crippen molar-refractivity contribution < 1.29 is 23.8 Å². The number of amides is 1. The maximum Gasteiger partial charge on any atom is 0.337 e. The van der Waals surface area contributed by atoms with Gasteiger partial charge in [-0.25, -0.2) is 4.79 Å². The summed E-state index contributed by atoms with van der Waals surface area (Å²) < 4.78 is 11.1.